The van der Waals surface area contributed by atoms with Gasteiger partial charge in [-0.3, -0.25) is 15.2 Å². The fourth-order valence-corrected chi connectivity index (χ4v) is 2.01. The molecule has 2 rings (SSSR count). The van der Waals surface area contributed by atoms with E-state index >= 15 is 0 Å². The molecule has 8 nitrogen and oxygen atoms in total. The second-order valence-electron chi connectivity index (χ2n) is 4.77. The Bertz CT molecular complexity index is 714. The molecule has 0 aromatic heterocycles. The molecule has 0 aliphatic rings. The van der Waals surface area contributed by atoms with Crippen LogP contribution in [0.25, 0.3) is 0 Å². The molecule has 0 fully saturated rings. The summed E-state index contributed by atoms with van der Waals surface area (Å²) in [5, 5.41) is 20.5. The number of nitrogens with two attached hydrogens (primary N) is 1. The number of halogens is 1. The van der Waals surface area contributed by atoms with Crippen molar-refractivity contribution < 1.29 is 19.4 Å². The maximum atomic E-state index is 10.1. The molecule has 0 spiro atoms. The lowest BCUT2D eigenvalue weighted by Crippen LogP contribution is -2.28. The number of anilines is 2. The van der Waals surface area contributed by atoms with Crippen LogP contribution in [0.5, 0.6) is 17.2 Å². The Labute approximate surface area is 156 Å². The number of carbonyl (C=O) groups excluding carboxylic acids is 1. The third-order valence-electron chi connectivity index (χ3n) is 3.11. The number of nitrogens with one attached hydrogen (secondary N) is 2. The van der Waals surface area contributed by atoms with Gasteiger partial charge in [0.1, 0.15) is 30.2 Å². The van der Waals surface area contributed by atoms with Gasteiger partial charge in [0.05, 0.1) is 23.5 Å². The summed E-state index contributed by atoms with van der Waals surface area (Å²) in [6.07, 6.45) is 1.66. The summed E-state index contributed by atoms with van der Waals surface area (Å²) in [5.74, 6) is 6.59. The van der Waals surface area contributed by atoms with Crippen LogP contribution >= 0.6 is 11.6 Å². The van der Waals surface area contributed by atoms with Gasteiger partial charge in [0, 0.05) is 19.2 Å². The summed E-state index contributed by atoms with van der Waals surface area (Å²) in [6, 6.07) is 9.90. The third kappa shape index (κ3) is 6.15. The molecule has 26 heavy (non-hydrogen) atoms. The average Bonchev–Trinajstić information content (AvgIpc) is 2.68. The maximum absolute atomic E-state index is 10.1. The maximum Gasteiger partial charge on any atom is 0.157 e. The van der Waals surface area contributed by atoms with Gasteiger partial charge in [0.15, 0.2) is 6.29 Å². The molecule has 0 saturated carbocycles. The van der Waals surface area contributed by atoms with Gasteiger partial charge in [-0.2, -0.15) is 0 Å². The average molecular weight is 381 g/mol. The topological polar surface area (TPSA) is 121 Å². The number of hydrazine groups is 1. The lowest BCUT2D eigenvalue weighted by molar-refractivity contribution is -0.109. The highest BCUT2D eigenvalue weighted by atomic mass is 35.5. The van der Waals surface area contributed by atoms with Crippen molar-refractivity contribution in [1.82, 2.24) is 0 Å². The van der Waals surface area contributed by atoms with E-state index in [0.29, 0.717) is 28.5 Å². The van der Waals surface area contributed by atoms with E-state index in [1.165, 1.54) is 13.2 Å². The van der Waals surface area contributed by atoms with E-state index in [-0.39, 0.29) is 12.4 Å². The first-order valence-corrected chi connectivity index (χ1v) is 7.79. The Morgan fingerprint density at radius 1 is 1.38 bits per heavy atom. The van der Waals surface area contributed by atoms with Gasteiger partial charge in [0.2, 0.25) is 0 Å². The van der Waals surface area contributed by atoms with Crippen LogP contribution in [0.1, 0.15) is 0 Å². The number of ether oxygens (including phenoxy) is 2. The quantitative estimate of drug-likeness (QED) is 0.145. The Morgan fingerprint density at radius 2 is 2.12 bits per heavy atom. The van der Waals surface area contributed by atoms with Crippen LogP contribution in [0.4, 0.5) is 11.4 Å². The molecular formula is C17H21ClN4O4. The zero-order chi connectivity index (χ0) is 19.5. The van der Waals surface area contributed by atoms with Crippen LogP contribution in [-0.2, 0) is 4.79 Å². The molecule has 0 amide bonds. The number of hydrogen-bond donors (Lipinski definition) is 4. The van der Waals surface area contributed by atoms with Crippen molar-refractivity contribution >= 4 is 35.6 Å². The molecule has 0 saturated heterocycles. The number of nitrogens with zero attached hydrogens (tertiary/aromatic N) is 1. The lowest BCUT2D eigenvalue weighted by atomic mass is 10.3. The minimum absolute atomic E-state index is 0.0125. The highest BCUT2D eigenvalue weighted by Gasteiger charge is 2.06. The van der Waals surface area contributed by atoms with Gasteiger partial charge in [0.25, 0.3) is 0 Å². The van der Waals surface area contributed by atoms with Gasteiger partial charge in [-0.25, -0.2) is 5.84 Å². The lowest BCUT2D eigenvalue weighted by Gasteiger charge is -2.12. The molecule has 0 bridgehead atoms. The van der Waals surface area contributed by atoms with Crippen molar-refractivity contribution in [2.45, 2.75) is 0 Å². The smallest absolute Gasteiger partial charge is 0.157 e. The number of rotatable bonds is 7. The summed E-state index contributed by atoms with van der Waals surface area (Å²) in [6.45, 7) is 0.0125. The molecule has 0 aliphatic heterocycles. The van der Waals surface area contributed by atoms with E-state index in [1.807, 2.05) is 0 Å². The second kappa shape index (κ2) is 10.8. The minimum Gasteiger partial charge on any atom is -0.506 e. The molecular weight excluding hydrogens is 360 g/mol. The predicted octanol–water partition coefficient (Wildman–Crippen LogP) is 2.65. The van der Waals surface area contributed by atoms with Gasteiger partial charge >= 0.3 is 0 Å². The molecule has 0 aliphatic carbocycles. The molecule has 5 N–H and O–H groups in total. The molecule has 0 atom stereocenters. The van der Waals surface area contributed by atoms with E-state index in [4.69, 9.17) is 32.3 Å². The van der Waals surface area contributed by atoms with Crippen LogP contribution in [0.3, 0.4) is 0 Å². The molecule has 0 unspecified atom stereocenters. The number of carbonyl (C=O) groups is 1. The standard InChI is InChI=1S/C9H11N3O2.C8H10ClNO2/c10-7-12(11)8-2-1-3-9(6-8)14-5-4-13;1-10-6-3-5(9)7(11)4-8(6)12-2/h1-4,6-7,10H,5,11H2;3-4,10-11H,1-2H3. The van der Waals surface area contributed by atoms with Crippen LogP contribution in [0.15, 0.2) is 36.4 Å². The fourth-order valence-electron chi connectivity index (χ4n) is 1.85. The first kappa shape index (κ1) is 21.1. The Morgan fingerprint density at radius 3 is 2.69 bits per heavy atom. The van der Waals surface area contributed by atoms with E-state index < -0.39 is 0 Å². The zero-order valence-corrected chi connectivity index (χ0v) is 15.2. The van der Waals surface area contributed by atoms with Crippen LogP contribution < -0.4 is 25.6 Å². The molecule has 2 aromatic rings. The summed E-state index contributed by atoms with van der Waals surface area (Å²) >= 11 is 5.68. The molecule has 2 aromatic carbocycles. The highest BCUT2D eigenvalue weighted by Crippen LogP contribution is 2.34. The SMILES string of the molecule is CNc1cc(Cl)c(O)cc1OC.N=CN(N)c1cccc(OCC=O)c1. The number of phenolic OH excluding ortho intramolecular Hbond substituents is 1. The van der Waals surface area contributed by atoms with E-state index in [9.17, 15) is 9.90 Å². The summed E-state index contributed by atoms with van der Waals surface area (Å²) in [4.78, 5) is 10.1. The van der Waals surface area contributed by atoms with Crippen molar-refractivity contribution in [2.75, 3.05) is 31.1 Å². The molecule has 0 heterocycles. The number of aldehydes is 1. The zero-order valence-electron chi connectivity index (χ0n) is 14.4. The Balaban J connectivity index is 0.000000263. The molecule has 140 valence electrons. The van der Waals surface area contributed by atoms with Crippen molar-refractivity contribution in [3.8, 4) is 17.2 Å². The number of benzene rings is 2. The predicted molar refractivity (Wildman–Crippen MR) is 103 cm³/mol. The largest absolute Gasteiger partial charge is 0.506 e. The highest BCUT2D eigenvalue weighted by molar-refractivity contribution is 6.32. The Hall–Kier alpha value is -2.97. The summed E-state index contributed by atoms with van der Waals surface area (Å²) in [5.41, 5.74) is 1.38. The normalized spacial score (nSPS) is 9.38. The molecule has 9 heteroatoms. The second-order valence-corrected chi connectivity index (χ2v) is 5.17. The first-order valence-electron chi connectivity index (χ1n) is 7.42. The van der Waals surface area contributed by atoms with Crippen LogP contribution in [-0.4, -0.2) is 38.5 Å². The van der Waals surface area contributed by atoms with E-state index in [0.717, 1.165) is 17.0 Å². The van der Waals surface area contributed by atoms with E-state index in [2.05, 4.69) is 5.32 Å². The first-order chi connectivity index (χ1) is 12.5. The monoisotopic (exact) mass is 380 g/mol. The van der Waals surface area contributed by atoms with Crippen LogP contribution in [0.2, 0.25) is 5.02 Å². The van der Waals surface area contributed by atoms with Crippen molar-refractivity contribution in [3.63, 3.8) is 0 Å². The van der Waals surface area contributed by atoms with Crippen LogP contribution in [0, 0.1) is 5.41 Å². The van der Waals surface area contributed by atoms with E-state index in [1.54, 1.807) is 37.4 Å². The van der Waals surface area contributed by atoms with Crippen molar-refractivity contribution in [2.24, 2.45) is 5.84 Å². The third-order valence-corrected chi connectivity index (χ3v) is 3.41. The number of phenols is 1. The summed E-state index contributed by atoms with van der Waals surface area (Å²) in [7, 11) is 3.29. The fraction of sp³-hybridized carbons (Fsp3) is 0.176. The van der Waals surface area contributed by atoms with Gasteiger partial charge in [-0.1, -0.05) is 17.7 Å². The van der Waals surface area contributed by atoms with Crippen molar-refractivity contribution in [3.05, 3.63) is 41.4 Å². The van der Waals surface area contributed by atoms with Crippen molar-refractivity contribution in [1.29, 1.82) is 5.41 Å². The number of aromatic hydroxyl groups is 1. The Kier molecular flexibility index (Phi) is 8.76. The van der Waals surface area contributed by atoms with Gasteiger partial charge in [-0.05, 0) is 18.2 Å². The van der Waals surface area contributed by atoms with Gasteiger partial charge < -0.3 is 19.9 Å². The minimum atomic E-state index is 0.0125. The number of hydrogen-bond acceptors (Lipinski definition) is 7. The molecule has 0 radical (unpaired) electrons. The van der Waals surface area contributed by atoms with Gasteiger partial charge in [-0.15, -0.1) is 0 Å². The number of methoxy groups -OCH3 is 1. The summed E-state index contributed by atoms with van der Waals surface area (Å²) < 4.78 is 10.1.